The summed E-state index contributed by atoms with van der Waals surface area (Å²) in [5, 5.41) is 11.0. The van der Waals surface area contributed by atoms with Crippen LogP contribution in [0.3, 0.4) is 0 Å². The Morgan fingerprint density at radius 3 is 2.54 bits per heavy atom. The summed E-state index contributed by atoms with van der Waals surface area (Å²) >= 11 is 1.23. The topological polar surface area (TPSA) is 59.8 Å². The van der Waals surface area contributed by atoms with Gasteiger partial charge in [0.25, 0.3) is 0 Å². The molecule has 1 aromatic heterocycles. The molecule has 8 heteroatoms. The number of carbonyl (C=O) groups excluding carboxylic acids is 1. The normalized spacial score (nSPS) is 12.0. The summed E-state index contributed by atoms with van der Waals surface area (Å²) < 4.78 is 28.0. The number of hydrogen-bond acceptors (Lipinski definition) is 4. The summed E-state index contributed by atoms with van der Waals surface area (Å²) in [6.45, 7) is 1.73. The highest BCUT2D eigenvalue weighted by Gasteiger charge is 2.19. The van der Waals surface area contributed by atoms with Crippen LogP contribution in [-0.2, 0) is 11.8 Å². The fourth-order valence-corrected chi connectivity index (χ4v) is 3.10. The molecule has 134 valence electrons. The van der Waals surface area contributed by atoms with Crippen molar-refractivity contribution in [3.63, 3.8) is 0 Å². The van der Waals surface area contributed by atoms with Gasteiger partial charge in [-0.25, -0.2) is 8.78 Å². The Hall–Kier alpha value is -2.74. The Morgan fingerprint density at radius 2 is 1.85 bits per heavy atom. The predicted molar refractivity (Wildman–Crippen MR) is 96.7 cm³/mol. The van der Waals surface area contributed by atoms with E-state index in [2.05, 4.69) is 15.5 Å². The number of anilines is 1. The average Bonchev–Trinajstić information content (AvgIpc) is 2.96. The maximum Gasteiger partial charge on any atom is 0.237 e. The molecule has 0 bridgehead atoms. The van der Waals surface area contributed by atoms with Crippen LogP contribution in [0, 0.1) is 11.6 Å². The molecule has 5 nitrogen and oxygen atoms in total. The quantitative estimate of drug-likeness (QED) is 0.689. The van der Waals surface area contributed by atoms with Crippen molar-refractivity contribution >= 4 is 23.4 Å². The number of aromatic nitrogens is 3. The summed E-state index contributed by atoms with van der Waals surface area (Å²) in [5.41, 5.74) is 1.12. The van der Waals surface area contributed by atoms with Gasteiger partial charge < -0.3 is 9.88 Å². The highest BCUT2D eigenvalue weighted by molar-refractivity contribution is 8.00. The predicted octanol–water partition coefficient (Wildman–Crippen LogP) is 3.88. The third-order valence-corrected chi connectivity index (χ3v) is 4.81. The Labute approximate surface area is 153 Å². The van der Waals surface area contributed by atoms with Crippen molar-refractivity contribution in [1.82, 2.24) is 14.8 Å². The lowest BCUT2D eigenvalue weighted by molar-refractivity contribution is -0.115. The van der Waals surface area contributed by atoms with E-state index in [9.17, 15) is 13.6 Å². The molecule has 1 N–H and O–H groups in total. The van der Waals surface area contributed by atoms with Crippen LogP contribution in [0.4, 0.5) is 14.5 Å². The summed E-state index contributed by atoms with van der Waals surface area (Å²) in [4.78, 5) is 12.3. The lowest BCUT2D eigenvalue weighted by atomic mass is 10.2. The monoisotopic (exact) mass is 374 g/mol. The van der Waals surface area contributed by atoms with Gasteiger partial charge in [0.15, 0.2) is 11.0 Å². The maximum absolute atomic E-state index is 13.2. The number of rotatable bonds is 5. The SMILES string of the molecule is CC(Sc1nnc(-c2ccc(F)cc2)n1C)C(=O)Nc1cccc(F)c1. The fourth-order valence-electron chi connectivity index (χ4n) is 2.29. The van der Waals surface area contributed by atoms with Crippen molar-refractivity contribution in [1.29, 1.82) is 0 Å². The van der Waals surface area contributed by atoms with Crippen molar-refractivity contribution in [3.05, 3.63) is 60.2 Å². The van der Waals surface area contributed by atoms with Crippen LogP contribution < -0.4 is 5.32 Å². The van der Waals surface area contributed by atoms with Crippen molar-refractivity contribution in [2.45, 2.75) is 17.3 Å². The third kappa shape index (κ3) is 4.08. The van der Waals surface area contributed by atoms with E-state index in [1.54, 1.807) is 36.7 Å². The smallest absolute Gasteiger partial charge is 0.237 e. The molecule has 1 heterocycles. The van der Waals surface area contributed by atoms with E-state index >= 15 is 0 Å². The van der Waals surface area contributed by atoms with Crippen LogP contribution in [0.1, 0.15) is 6.92 Å². The molecule has 0 radical (unpaired) electrons. The van der Waals surface area contributed by atoms with Gasteiger partial charge in [-0.3, -0.25) is 4.79 Å². The minimum Gasteiger partial charge on any atom is -0.325 e. The molecule has 1 amide bonds. The average molecular weight is 374 g/mol. The summed E-state index contributed by atoms with van der Waals surface area (Å²) in [6.07, 6.45) is 0. The highest BCUT2D eigenvalue weighted by Crippen LogP contribution is 2.26. The van der Waals surface area contributed by atoms with Crippen LogP contribution in [0.2, 0.25) is 0 Å². The zero-order chi connectivity index (χ0) is 18.7. The first-order valence-electron chi connectivity index (χ1n) is 7.82. The Morgan fingerprint density at radius 1 is 1.12 bits per heavy atom. The van der Waals surface area contributed by atoms with Crippen LogP contribution in [0.25, 0.3) is 11.4 Å². The van der Waals surface area contributed by atoms with Gasteiger partial charge in [-0.15, -0.1) is 10.2 Å². The number of hydrogen-bond donors (Lipinski definition) is 1. The first-order chi connectivity index (χ1) is 12.4. The molecule has 0 saturated carbocycles. The van der Waals surface area contributed by atoms with E-state index in [1.807, 2.05) is 0 Å². The second kappa shape index (κ2) is 7.65. The molecular formula is C18H16F2N4OS. The minimum absolute atomic E-state index is 0.271. The van der Waals surface area contributed by atoms with Crippen molar-refractivity contribution < 1.29 is 13.6 Å². The van der Waals surface area contributed by atoms with Gasteiger partial charge in [0.1, 0.15) is 11.6 Å². The van der Waals surface area contributed by atoms with Crippen LogP contribution in [0.5, 0.6) is 0 Å². The number of benzene rings is 2. The Kier molecular flexibility index (Phi) is 5.32. The molecule has 0 aliphatic rings. The molecule has 2 aromatic carbocycles. The zero-order valence-electron chi connectivity index (χ0n) is 14.1. The molecule has 3 rings (SSSR count). The van der Waals surface area contributed by atoms with Gasteiger partial charge in [-0.05, 0) is 49.4 Å². The molecular weight excluding hydrogens is 358 g/mol. The Balaban J connectivity index is 1.70. The number of thioether (sulfide) groups is 1. The lowest BCUT2D eigenvalue weighted by Crippen LogP contribution is -2.22. The molecule has 0 fully saturated rings. The summed E-state index contributed by atoms with van der Waals surface area (Å²) in [5.74, 6) is -0.439. The lowest BCUT2D eigenvalue weighted by Gasteiger charge is -2.11. The summed E-state index contributed by atoms with van der Waals surface area (Å²) in [7, 11) is 1.78. The highest BCUT2D eigenvalue weighted by atomic mass is 32.2. The number of nitrogens with zero attached hydrogens (tertiary/aromatic N) is 3. The van der Waals surface area contributed by atoms with E-state index in [4.69, 9.17) is 0 Å². The van der Waals surface area contributed by atoms with Crippen molar-refractivity contribution in [2.24, 2.45) is 7.05 Å². The minimum atomic E-state index is -0.470. The number of halogens is 2. The van der Waals surface area contributed by atoms with Crippen molar-refractivity contribution in [2.75, 3.05) is 5.32 Å². The molecule has 1 atom stereocenters. The number of amides is 1. The molecule has 3 aromatic rings. The molecule has 1 unspecified atom stereocenters. The molecule has 0 aliphatic heterocycles. The van der Waals surface area contributed by atoms with E-state index in [0.717, 1.165) is 5.56 Å². The van der Waals surface area contributed by atoms with Gasteiger partial charge >= 0.3 is 0 Å². The maximum atomic E-state index is 13.2. The molecule has 0 aliphatic carbocycles. The Bertz CT molecular complexity index is 927. The van der Waals surface area contributed by atoms with E-state index < -0.39 is 11.1 Å². The number of carbonyl (C=O) groups is 1. The first kappa shape index (κ1) is 18.1. The van der Waals surface area contributed by atoms with E-state index in [1.165, 1.54) is 42.1 Å². The van der Waals surface area contributed by atoms with Crippen LogP contribution in [-0.4, -0.2) is 25.9 Å². The zero-order valence-corrected chi connectivity index (χ0v) is 14.9. The van der Waals surface area contributed by atoms with E-state index in [-0.39, 0.29) is 11.7 Å². The largest absolute Gasteiger partial charge is 0.325 e. The van der Waals surface area contributed by atoms with Gasteiger partial charge in [-0.1, -0.05) is 17.8 Å². The van der Waals surface area contributed by atoms with Gasteiger partial charge in [0.05, 0.1) is 5.25 Å². The summed E-state index contributed by atoms with van der Waals surface area (Å²) in [6, 6.07) is 11.7. The second-order valence-corrected chi connectivity index (χ2v) is 6.94. The second-order valence-electron chi connectivity index (χ2n) is 5.63. The van der Waals surface area contributed by atoms with Gasteiger partial charge in [0.2, 0.25) is 5.91 Å². The van der Waals surface area contributed by atoms with Gasteiger partial charge in [-0.2, -0.15) is 0 Å². The van der Waals surface area contributed by atoms with E-state index in [0.29, 0.717) is 16.7 Å². The molecule has 0 saturated heterocycles. The standard InChI is InChI=1S/C18H16F2N4OS/c1-11(17(25)21-15-5-3-4-14(20)10-15)26-18-23-22-16(24(18)2)12-6-8-13(19)9-7-12/h3-11H,1-2H3,(H,21,25). The molecule has 0 spiro atoms. The third-order valence-electron chi connectivity index (χ3n) is 3.68. The molecule has 26 heavy (non-hydrogen) atoms. The fraction of sp³-hybridized carbons (Fsp3) is 0.167. The first-order valence-corrected chi connectivity index (χ1v) is 8.70. The number of nitrogens with one attached hydrogen (secondary N) is 1. The van der Waals surface area contributed by atoms with Crippen LogP contribution >= 0.6 is 11.8 Å². The van der Waals surface area contributed by atoms with Crippen LogP contribution in [0.15, 0.2) is 53.7 Å². The van der Waals surface area contributed by atoms with Gasteiger partial charge in [0, 0.05) is 18.3 Å². The van der Waals surface area contributed by atoms with Crippen molar-refractivity contribution in [3.8, 4) is 11.4 Å².